The molecular weight excluding hydrogens is 152 g/mol. The van der Waals surface area contributed by atoms with E-state index in [-0.39, 0.29) is 5.41 Å². The van der Waals surface area contributed by atoms with Gasteiger partial charge in [0, 0.05) is 5.41 Å². The minimum Gasteiger partial charge on any atom is -0.467 e. The molecule has 0 aliphatic carbocycles. The van der Waals surface area contributed by atoms with Gasteiger partial charge < -0.3 is 9.52 Å². The van der Waals surface area contributed by atoms with E-state index >= 15 is 0 Å². The van der Waals surface area contributed by atoms with Crippen molar-refractivity contribution in [3.63, 3.8) is 0 Å². The van der Waals surface area contributed by atoms with E-state index in [9.17, 15) is 5.11 Å². The van der Waals surface area contributed by atoms with E-state index in [1.807, 2.05) is 13.8 Å². The number of aliphatic hydroxyl groups excluding tert-OH is 1. The van der Waals surface area contributed by atoms with E-state index in [1.165, 1.54) is 0 Å². The molecule has 1 aromatic heterocycles. The molecule has 66 valence electrons. The first-order valence-electron chi connectivity index (χ1n) is 3.93. The molecule has 1 heterocycles. The molecule has 0 aliphatic rings. The molecule has 1 atom stereocenters. The molecular formula is C10H14O2. The molecule has 0 aliphatic heterocycles. The zero-order valence-corrected chi connectivity index (χ0v) is 7.45. The third-order valence-corrected chi connectivity index (χ3v) is 2.04. The van der Waals surface area contributed by atoms with Crippen molar-refractivity contribution in [3.05, 3.63) is 36.8 Å². The van der Waals surface area contributed by atoms with Crippen molar-refractivity contribution in [2.75, 3.05) is 0 Å². The van der Waals surface area contributed by atoms with Crippen LogP contribution in [0.4, 0.5) is 0 Å². The van der Waals surface area contributed by atoms with Crippen molar-refractivity contribution in [2.45, 2.75) is 20.0 Å². The first kappa shape index (κ1) is 9.07. The molecule has 0 bridgehead atoms. The lowest BCUT2D eigenvalue weighted by atomic mass is 9.85. The maximum absolute atomic E-state index is 9.77. The normalized spacial score (nSPS) is 14.2. The fourth-order valence-electron chi connectivity index (χ4n) is 0.925. The average molecular weight is 166 g/mol. The van der Waals surface area contributed by atoms with Crippen molar-refractivity contribution < 1.29 is 9.52 Å². The Morgan fingerprint density at radius 3 is 2.75 bits per heavy atom. The summed E-state index contributed by atoms with van der Waals surface area (Å²) in [5, 5.41) is 9.77. The smallest absolute Gasteiger partial charge is 0.133 e. The molecule has 0 spiro atoms. The molecule has 2 nitrogen and oxygen atoms in total. The minimum atomic E-state index is -0.620. The lowest BCUT2D eigenvalue weighted by Gasteiger charge is -2.24. The molecule has 1 rings (SSSR count). The Kier molecular flexibility index (Phi) is 2.38. The lowest BCUT2D eigenvalue weighted by molar-refractivity contribution is 0.0614. The first-order chi connectivity index (χ1) is 5.58. The van der Waals surface area contributed by atoms with E-state index in [0.29, 0.717) is 5.76 Å². The SMILES string of the molecule is C=CC(C)(C)[C@H](O)c1ccco1. The number of hydrogen-bond acceptors (Lipinski definition) is 2. The van der Waals surface area contributed by atoms with Crippen molar-refractivity contribution in [1.82, 2.24) is 0 Å². The second kappa shape index (κ2) is 3.15. The molecule has 2 heteroatoms. The molecule has 0 saturated heterocycles. The van der Waals surface area contributed by atoms with Crippen LogP contribution in [0.1, 0.15) is 25.7 Å². The molecule has 0 radical (unpaired) electrons. The summed E-state index contributed by atoms with van der Waals surface area (Å²) in [6, 6.07) is 3.52. The summed E-state index contributed by atoms with van der Waals surface area (Å²) in [6.07, 6.45) is 2.66. The first-order valence-corrected chi connectivity index (χ1v) is 3.93. The maximum atomic E-state index is 9.77. The second-order valence-electron chi connectivity index (χ2n) is 3.44. The quantitative estimate of drug-likeness (QED) is 0.700. The minimum absolute atomic E-state index is 0.349. The van der Waals surface area contributed by atoms with E-state index in [2.05, 4.69) is 6.58 Å². The summed E-state index contributed by atoms with van der Waals surface area (Å²) in [5.74, 6) is 0.583. The van der Waals surface area contributed by atoms with Crippen LogP contribution in [0.25, 0.3) is 0 Å². The van der Waals surface area contributed by atoms with Crippen molar-refractivity contribution in [3.8, 4) is 0 Å². The van der Waals surface area contributed by atoms with Gasteiger partial charge in [0.25, 0.3) is 0 Å². The Morgan fingerprint density at radius 2 is 2.33 bits per heavy atom. The largest absolute Gasteiger partial charge is 0.467 e. The van der Waals surface area contributed by atoms with Gasteiger partial charge in [-0.25, -0.2) is 0 Å². The topological polar surface area (TPSA) is 33.4 Å². The predicted octanol–water partition coefficient (Wildman–Crippen LogP) is 2.53. The fourth-order valence-corrected chi connectivity index (χ4v) is 0.925. The number of furan rings is 1. The highest BCUT2D eigenvalue weighted by molar-refractivity contribution is 5.08. The van der Waals surface area contributed by atoms with Gasteiger partial charge in [-0.1, -0.05) is 19.9 Å². The molecule has 0 unspecified atom stereocenters. The lowest BCUT2D eigenvalue weighted by Crippen LogP contribution is -2.18. The third-order valence-electron chi connectivity index (χ3n) is 2.04. The molecule has 0 amide bonds. The fraction of sp³-hybridized carbons (Fsp3) is 0.400. The number of rotatable bonds is 3. The Bertz CT molecular complexity index is 247. The van der Waals surface area contributed by atoms with Gasteiger partial charge >= 0.3 is 0 Å². The second-order valence-corrected chi connectivity index (χ2v) is 3.44. The average Bonchev–Trinajstić information content (AvgIpc) is 2.55. The Hall–Kier alpha value is -1.02. The summed E-state index contributed by atoms with van der Waals surface area (Å²) in [5.41, 5.74) is -0.349. The van der Waals surface area contributed by atoms with Crippen LogP contribution in [0.3, 0.4) is 0 Å². The van der Waals surface area contributed by atoms with Crippen LogP contribution in [0, 0.1) is 5.41 Å². The van der Waals surface area contributed by atoms with Crippen molar-refractivity contribution >= 4 is 0 Å². The molecule has 12 heavy (non-hydrogen) atoms. The van der Waals surface area contributed by atoms with Gasteiger partial charge in [0.15, 0.2) is 0 Å². The Balaban J connectivity index is 2.85. The number of hydrogen-bond donors (Lipinski definition) is 1. The Labute approximate surface area is 72.5 Å². The van der Waals surface area contributed by atoms with Crippen LogP contribution < -0.4 is 0 Å². The van der Waals surface area contributed by atoms with Crippen molar-refractivity contribution in [1.29, 1.82) is 0 Å². The van der Waals surface area contributed by atoms with E-state index in [0.717, 1.165) is 0 Å². The molecule has 1 N–H and O–H groups in total. The van der Waals surface area contributed by atoms with Gasteiger partial charge in [-0.2, -0.15) is 0 Å². The van der Waals surface area contributed by atoms with Crippen LogP contribution in [0.5, 0.6) is 0 Å². The van der Waals surface area contributed by atoms with Crippen LogP contribution >= 0.6 is 0 Å². The van der Waals surface area contributed by atoms with E-state index in [4.69, 9.17) is 4.42 Å². The Morgan fingerprint density at radius 1 is 1.67 bits per heavy atom. The van der Waals surface area contributed by atoms with Gasteiger partial charge in [0.05, 0.1) is 6.26 Å². The summed E-state index contributed by atoms with van der Waals surface area (Å²) in [7, 11) is 0. The maximum Gasteiger partial charge on any atom is 0.133 e. The highest BCUT2D eigenvalue weighted by Gasteiger charge is 2.27. The summed E-state index contributed by atoms with van der Waals surface area (Å²) < 4.78 is 5.09. The van der Waals surface area contributed by atoms with Crippen LogP contribution in [-0.4, -0.2) is 5.11 Å². The highest BCUT2D eigenvalue weighted by Crippen LogP contribution is 2.33. The van der Waals surface area contributed by atoms with Gasteiger partial charge in [-0.15, -0.1) is 6.58 Å². The molecule has 0 saturated carbocycles. The van der Waals surface area contributed by atoms with E-state index < -0.39 is 6.10 Å². The van der Waals surface area contributed by atoms with Crippen LogP contribution in [-0.2, 0) is 0 Å². The molecule has 0 fully saturated rings. The van der Waals surface area contributed by atoms with Gasteiger partial charge in [0.2, 0.25) is 0 Å². The van der Waals surface area contributed by atoms with Gasteiger partial charge in [-0.05, 0) is 12.1 Å². The summed E-state index contributed by atoms with van der Waals surface area (Å²) >= 11 is 0. The van der Waals surface area contributed by atoms with E-state index in [1.54, 1.807) is 24.5 Å². The van der Waals surface area contributed by atoms with Gasteiger partial charge in [0.1, 0.15) is 11.9 Å². The van der Waals surface area contributed by atoms with Gasteiger partial charge in [-0.3, -0.25) is 0 Å². The standard InChI is InChI=1S/C10H14O2/c1-4-10(2,3)9(11)8-6-5-7-12-8/h4-7,9,11H,1H2,2-3H3/t9-/m1/s1. The molecule has 1 aromatic rings. The number of aliphatic hydroxyl groups is 1. The molecule has 0 aromatic carbocycles. The summed E-state index contributed by atoms with van der Waals surface area (Å²) in [6.45, 7) is 7.48. The van der Waals surface area contributed by atoms with Crippen LogP contribution in [0.2, 0.25) is 0 Å². The highest BCUT2D eigenvalue weighted by atomic mass is 16.4. The third kappa shape index (κ3) is 1.59. The van der Waals surface area contributed by atoms with Crippen LogP contribution in [0.15, 0.2) is 35.5 Å². The zero-order chi connectivity index (χ0) is 9.19. The summed E-state index contributed by atoms with van der Waals surface area (Å²) in [4.78, 5) is 0. The zero-order valence-electron chi connectivity index (χ0n) is 7.45. The van der Waals surface area contributed by atoms with Crippen molar-refractivity contribution in [2.24, 2.45) is 5.41 Å². The monoisotopic (exact) mass is 166 g/mol. The predicted molar refractivity (Wildman–Crippen MR) is 47.6 cm³/mol.